The number of aryl methyl sites for hydroxylation is 4. The number of hydrogen-bond donors (Lipinski definition) is 1. The van der Waals surface area contributed by atoms with E-state index in [1.54, 1.807) is 24.0 Å². The van der Waals surface area contributed by atoms with Gasteiger partial charge < -0.3 is 9.88 Å². The highest BCUT2D eigenvalue weighted by Gasteiger charge is 2.06. The van der Waals surface area contributed by atoms with E-state index in [1.807, 2.05) is 104 Å². The Hall–Kier alpha value is -3.93. The predicted octanol–water partition coefficient (Wildman–Crippen LogP) is 7.91. The molecule has 5 aromatic rings. The van der Waals surface area contributed by atoms with Crippen LogP contribution in [0.3, 0.4) is 0 Å². The van der Waals surface area contributed by atoms with Gasteiger partial charge in [-0.05, 0) is 66.8 Å². The Bertz CT molecular complexity index is 1480. The van der Waals surface area contributed by atoms with Crippen LogP contribution in [0.1, 0.15) is 52.7 Å². The molecule has 0 atom stereocenters. The average Bonchev–Trinajstić information content (AvgIpc) is 3.29. The molecule has 0 amide bonds. The molecule has 1 N–H and O–H groups in total. The summed E-state index contributed by atoms with van der Waals surface area (Å²) in [4.78, 5) is 16.5. The first-order valence-electron chi connectivity index (χ1n) is 13.5. The second kappa shape index (κ2) is 16.0. The zero-order chi connectivity index (χ0) is 28.8. The van der Waals surface area contributed by atoms with Crippen LogP contribution in [0.25, 0.3) is 32.9 Å². The fourth-order valence-corrected chi connectivity index (χ4v) is 3.74. The maximum atomic E-state index is 12.1. The first-order chi connectivity index (χ1) is 18.4. The maximum absolute atomic E-state index is 12.1. The van der Waals surface area contributed by atoms with Gasteiger partial charge in [0.2, 0.25) is 0 Å². The fraction of sp³-hybridized carbons (Fsp3) is 0.344. The van der Waals surface area contributed by atoms with Crippen molar-refractivity contribution in [1.82, 2.24) is 19.3 Å². The van der Waals surface area contributed by atoms with Gasteiger partial charge in [-0.25, -0.2) is 0 Å². The van der Waals surface area contributed by atoms with Gasteiger partial charge in [0.05, 0.1) is 11.2 Å². The van der Waals surface area contributed by atoms with Crippen LogP contribution >= 0.6 is 0 Å². The molecule has 0 spiro atoms. The zero-order valence-corrected chi connectivity index (χ0v) is 25.0. The number of fused-ring (bicyclic) bond motifs is 2. The van der Waals surface area contributed by atoms with Crippen molar-refractivity contribution in [2.24, 2.45) is 14.1 Å². The summed E-state index contributed by atoms with van der Waals surface area (Å²) >= 11 is 0. The monoisotopic (exact) mass is 515 g/mol. The van der Waals surface area contributed by atoms with Crippen LogP contribution in [0.15, 0.2) is 71.8 Å². The first-order valence-corrected chi connectivity index (χ1v) is 13.5. The molecule has 0 aliphatic rings. The minimum Gasteiger partial charge on any atom is -0.371 e. The van der Waals surface area contributed by atoms with Crippen molar-refractivity contribution in [3.05, 3.63) is 88.5 Å². The molecule has 2 aromatic carbocycles. The largest absolute Gasteiger partial charge is 0.371 e. The van der Waals surface area contributed by atoms with E-state index in [-0.39, 0.29) is 5.56 Å². The fourth-order valence-electron chi connectivity index (χ4n) is 3.74. The van der Waals surface area contributed by atoms with Gasteiger partial charge in [-0.2, -0.15) is 5.10 Å². The first kappa shape index (κ1) is 32.1. The Morgan fingerprint density at radius 2 is 1.42 bits per heavy atom. The Morgan fingerprint density at radius 1 is 0.763 bits per heavy atom. The number of pyridine rings is 2. The van der Waals surface area contributed by atoms with Crippen LogP contribution in [-0.4, -0.2) is 26.4 Å². The molecule has 0 unspecified atom stereocenters. The smallest absolute Gasteiger partial charge is 0.258 e. The van der Waals surface area contributed by atoms with Gasteiger partial charge in [-0.1, -0.05) is 59.7 Å². The molecular formula is C32H45N5O. The second-order valence-electron chi connectivity index (χ2n) is 8.00. The van der Waals surface area contributed by atoms with E-state index in [9.17, 15) is 4.79 Å². The van der Waals surface area contributed by atoms with E-state index in [2.05, 4.69) is 40.5 Å². The number of hydrogen-bond acceptors (Lipinski definition) is 4. The van der Waals surface area contributed by atoms with Crippen molar-refractivity contribution in [2.45, 2.75) is 55.4 Å². The topological polar surface area (TPSA) is 64.7 Å². The van der Waals surface area contributed by atoms with E-state index in [4.69, 9.17) is 0 Å². The Balaban J connectivity index is 0.000000332. The average molecular weight is 516 g/mol. The number of nitrogens with zero attached hydrogens (tertiary/aromatic N) is 4. The second-order valence-corrected chi connectivity index (χ2v) is 8.00. The van der Waals surface area contributed by atoms with Gasteiger partial charge >= 0.3 is 0 Å². The molecule has 0 aliphatic carbocycles. The lowest BCUT2D eigenvalue weighted by atomic mass is 10.1. The summed E-state index contributed by atoms with van der Waals surface area (Å²) in [6, 6.07) is 18.2. The summed E-state index contributed by atoms with van der Waals surface area (Å²) in [5.41, 5.74) is 5.48. The van der Waals surface area contributed by atoms with Crippen LogP contribution in [0.4, 0.5) is 5.82 Å². The highest BCUT2D eigenvalue weighted by atomic mass is 16.1. The predicted molar refractivity (Wildman–Crippen MR) is 166 cm³/mol. The molecule has 3 aromatic heterocycles. The van der Waals surface area contributed by atoms with Gasteiger partial charge in [-0.3, -0.25) is 14.5 Å². The molecule has 3 heterocycles. The zero-order valence-electron chi connectivity index (χ0n) is 25.0. The summed E-state index contributed by atoms with van der Waals surface area (Å²) in [5, 5.41) is 10.3. The van der Waals surface area contributed by atoms with Crippen molar-refractivity contribution >= 4 is 27.5 Å². The number of nitrogens with one attached hydrogen (secondary N) is 1. The van der Waals surface area contributed by atoms with E-state index in [0.29, 0.717) is 0 Å². The molecular weight excluding hydrogens is 470 g/mol. The molecule has 38 heavy (non-hydrogen) atoms. The van der Waals surface area contributed by atoms with Gasteiger partial charge in [0.15, 0.2) is 5.82 Å². The van der Waals surface area contributed by atoms with Crippen LogP contribution < -0.4 is 10.9 Å². The van der Waals surface area contributed by atoms with Crippen LogP contribution in [0, 0.1) is 13.8 Å². The summed E-state index contributed by atoms with van der Waals surface area (Å²) in [6.45, 7) is 16.1. The van der Waals surface area contributed by atoms with Gasteiger partial charge in [0.1, 0.15) is 0 Å². The number of aromatic nitrogens is 4. The third kappa shape index (κ3) is 7.78. The highest BCUT2D eigenvalue weighted by molar-refractivity contribution is 5.90. The van der Waals surface area contributed by atoms with E-state index >= 15 is 0 Å². The highest BCUT2D eigenvalue weighted by Crippen LogP contribution is 2.23. The van der Waals surface area contributed by atoms with Crippen LogP contribution in [0.5, 0.6) is 0 Å². The minimum atomic E-state index is 0.0204. The summed E-state index contributed by atoms with van der Waals surface area (Å²) in [5.74, 6) is 0.942. The quantitative estimate of drug-likeness (QED) is 0.259. The standard InChI is InChI=1S/C16H14N2O.C10H13N3.3C2H6/c1-11-5-7-17-15(9-11)13-4-3-12-6-8-18(2)16(19)14(12)10-13;1-7-4-5-8-9(6-7)13(3)12-10(8)11-2;3*1-2/h3-10H,1-2H3;4-6H,1-3H3,(H,11,12);3*1-2H3. The third-order valence-corrected chi connectivity index (χ3v) is 5.54. The lowest BCUT2D eigenvalue weighted by Gasteiger charge is -2.05. The summed E-state index contributed by atoms with van der Waals surface area (Å²) in [6.07, 6.45) is 3.58. The number of anilines is 1. The summed E-state index contributed by atoms with van der Waals surface area (Å²) in [7, 11) is 5.61. The van der Waals surface area contributed by atoms with E-state index < -0.39 is 0 Å². The lowest BCUT2D eigenvalue weighted by molar-refractivity contribution is 0.799. The maximum Gasteiger partial charge on any atom is 0.258 e. The number of rotatable bonds is 2. The summed E-state index contributed by atoms with van der Waals surface area (Å²) < 4.78 is 3.49. The van der Waals surface area contributed by atoms with Gasteiger partial charge in [-0.15, -0.1) is 0 Å². The van der Waals surface area contributed by atoms with Crippen molar-refractivity contribution in [3.8, 4) is 11.3 Å². The van der Waals surface area contributed by atoms with E-state index in [0.717, 1.165) is 33.4 Å². The lowest BCUT2D eigenvalue weighted by Crippen LogP contribution is -2.15. The molecule has 0 fully saturated rings. The van der Waals surface area contributed by atoms with Crippen molar-refractivity contribution in [2.75, 3.05) is 12.4 Å². The molecule has 5 rings (SSSR count). The third-order valence-electron chi connectivity index (χ3n) is 5.54. The Morgan fingerprint density at radius 3 is 2.05 bits per heavy atom. The molecule has 0 bridgehead atoms. The molecule has 0 aliphatic heterocycles. The van der Waals surface area contributed by atoms with Crippen LogP contribution in [-0.2, 0) is 14.1 Å². The molecule has 0 saturated heterocycles. The minimum absolute atomic E-state index is 0.0204. The Labute approximate surface area is 228 Å². The van der Waals surface area contributed by atoms with Crippen molar-refractivity contribution in [1.29, 1.82) is 0 Å². The molecule has 6 heteroatoms. The van der Waals surface area contributed by atoms with Crippen molar-refractivity contribution < 1.29 is 0 Å². The van der Waals surface area contributed by atoms with Crippen LogP contribution in [0.2, 0.25) is 0 Å². The van der Waals surface area contributed by atoms with Gasteiger partial charge in [0, 0.05) is 49.9 Å². The van der Waals surface area contributed by atoms with E-state index in [1.165, 1.54) is 16.5 Å². The van der Waals surface area contributed by atoms with Gasteiger partial charge in [0.25, 0.3) is 5.56 Å². The molecule has 0 saturated carbocycles. The SMILES string of the molecule is CC.CC.CC.CNc1nn(C)c2cc(C)ccc12.Cc1ccnc(-c2ccc3ccn(C)c(=O)c3c2)c1. The molecule has 204 valence electrons. The Kier molecular flexibility index (Phi) is 13.5. The van der Waals surface area contributed by atoms with Crippen molar-refractivity contribution in [3.63, 3.8) is 0 Å². The molecule has 6 nitrogen and oxygen atoms in total. The normalized spacial score (nSPS) is 9.55. The number of benzene rings is 2. The molecule has 0 radical (unpaired) electrons.